The topological polar surface area (TPSA) is 50.7 Å². The molecule has 0 fully saturated rings. The first-order valence-electron chi connectivity index (χ1n) is 5.27. The number of rotatable bonds is 2. The highest BCUT2D eigenvalue weighted by molar-refractivity contribution is 7.71. The number of H-pyrrole nitrogens is 1. The summed E-state index contributed by atoms with van der Waals surface area (Å²) < 4.78 is 2.71. The predicted molar refractivity (Wildman–Crippen MR) is 77.2 cm³/mol. The summed E-state index contributed by atoms with van der Waals surface area (Å²) in [5.74, 6) is 0. The lowest BCUT2D eigenvalue weighted by atomic mass is 10.4. The van der Waals surface area contributed by atoms with Gasteiger partial charge in [-0.2, -0.15) is 0 Å². The van der Waals surface area contributed by atoms with Crippen LogP contribution in [0.1, 0.15) is 9.88 Å². The monoisotopic (exact) mass is 295 g/mol. The molecule has 0 spiro atoms. The highest BCUT2D eigenvalue weighted by Gasteiger charge is 2.08. The molecule has 0 aliphatic heterocycles. The lowest BCUT2D eigenvalue weighted by Gasteiger charge is -2.03. The van der Waals surface area contributed by atoms with Crippen molar-refractivity contribution in [1.29, 1.82) is 0 Å². The molecule has 0 saturated heterocycles. The SMILES string of the molecule is Cc1cnc(Cn2c(=S)[nH]c3ccsc3c2=O)s1. The Hall–Kier alpha value is -1.31. The normalized spacial score (nSPS) is 11.2. The van der Waals surface area contributed by atoms with Gasteiger partial charge in [0.15, 0.2) is 4.77 Å². The van der Waals surface area contributed by atoms with Gasteiger partial charge >= 0.3 is 0 Å². The van der Waals surface area contributed by atoms with Gasteiger partial charge in [0, 0.05) is 11.1 Å². The summed E-state index contributed by atoms with van der Waals surface area (Å²) in [5.41, 5.74) is 0.762. The summed E-state index contributed by atoms with van der Waals surface area (Å²) in [6.07, 6.45) is 1.81. The maximum atomic E-state index is 12.3. The molecule has 3 aromatic rings. The summed E-state index contributed by atoms with van der Waals surface area (Å²) in [5, 5.41) is 2.78. The first kappa shape index (κ1) is 11.8. The largest absolute Gasteiger partial charge is 0.331 e. The molecule has 0 aliphatic rings. The number of hydrogen-bond donors (Lipinski definition) is 1. The van der Waals surface area contributed by atoms with E-state index in [1.54, 1.807) is 15.9 Å². The van der Waals surface area contributed by atoms with Crippen molar-refractivity contribution in [3.8, 4) is 0 Å². The Bertz CT molecular complexity index is 824. The molecule has 3 aromatic heterocycles. The second kappa shape index (κ2) is 4.42. The highest BCUT2D eigenvalue weighted by atomic mass is 32.1. The van der Waals surface area contributed by atoms with Crippen molar-refractivity contribution in [2.75, 3.05) is 0 Å². The molecule has 0 bridgehead atoms. The summed E-state index contributed by atoms with van der Waals surface area (Å²) >= 11 is 8.23. The van der Waals surface area contributed by atoms with Gasteiger partial charge in [0.25, 0.3) is 5.56 Å². The molecular weight excluding hydrogens is 286 g/mol. The molecule has 0 aliphatic carbocycles. The Morgan fingerprint density at radius 1 is 1.56 bits per heavy atom. The van der Waals surface area contributed by atoms with E-state index < -0.39 is 0 Å². The van der Waals surface area contributed by atoms with Crippen LogP contribution < -0.4 is 5.56 Å². The Balaban J connectivity index is 2.17. The molecule has 1 N–H and O–H groups in total. The number of fused-ring (bicyclic) bond motifs is 1. The number of hydrogen-bond acceptors (Lipinski definition) is 5. The van der Waals surface area contributed by atoms with Crippen molar-refractivity contribution in [2.24, 2.45) is 0 Å². The van der Waals surface area contributed by atoms with Crippen LogP contribution >= 0.6 is 34.9 Å². The zero-order valence-corrected chi connectivity index (χ0v) is 11.9. The van der Waals surface area contributed by atoms with Crippen molar-refractivity contribution in [3.63, 3.8) is 0 Å². The van der Waals surface area contributed by atoms with Gasteiger partial charge < -0.3 is 4.98 Å². The molecule has 0 radical (unpaired) electrons. The first-order chi connectivity index (χ1) is 8.65. The Morgan fingerprint density at radius 3 is 3.11 bits per heavy atom. The minimum absolute atomic E-state index is 0.0448. The third kappa shape index (κ3) is 1.94. The van der Waals surface area contributed by atoms with Gasteiger partial charge in [0.2, 0.25) is 0 Å². The molecule has 0 saturated carbocycles. The molecule has 3 heterocycles. The Kier molecular flexibility index (Phi) is 2.89. The van der Waals surface area contributed by atoms with E-state index in [4.69, 9.17) is 12.2 Å². The standard InChI is InChI=1S/C11H9N3OS3/c1-6-4-12-8(18-6)5-14-10(15)9-7(2-3-17-9)13-11(14)16/h2-4H,5H2,1H3,(H,13,16). The fourth-order valence-corrected chi connectivity index (χ4v) is 3.56. The number of nitrogens with one attached hydrogen (secondary N) is 1. The molecule has 92 valence electrons. The molecule has 0 atom stereocenters. The van der Waals surface area contributed by atoms with Crippen LogP contribution in [0.15, 0.2) is 22.4 Å². The second-order valence-corrected chi connectivity index (χ2v) is 6.47. The zero-order chi connectivity index (χ0) is 12.7. The summed E-state index contributed by atoms with van der Waals surface area (Å²) in [6.45, 7) is 2.42. The lowest BCUT2D eigenvalue weighted by Crippen LogP contribution is -2.21. The smallest absolute Gasteiger partial charge is 0.272 e. The quantitative estimate of drug-likeness (QED) is 0.740. The number of aromatic nitrogens is 3. The molecule has 18 heavy (non-hydrogen) atoms. The predicted octanol–water partition coefficient (Wildman–Crippen LogP) is 2.93. The van der Waals surface area contributed by atoms with Crippen molar-refractivity contribution >= 4 is 45.1 Å². The zero-order valence-electron chi connectivity index (χ0n) is 9.47. The molecule has 3 rings (SSSR count). The van der Waals surface area contributed by atoms with Crippen LogP contribution in [0.25, 0.3) is 10.2 Å². The van der Waals surface area contributed by atoms with E-state index in [-0.39, 0.29) is 5.56 Å². The van der Waals surface area contributed by atoms with E-state index in [0.29, 0.717) is 16.0 Å². The summed E-state index contributed by atoms with van der Waals surface area (Å²) in [6, 6.07) is 1.87. The van der Waals surface area contributed by atoms with Gasteiger partial charge in [0.1, 0.15) is 9.71 Å². The van der Waals surface area contributed by atoms with Gasteiger partial charge in [-0.15, -0.1) is 22.7 Å². The molecule has 0 amide bonds. The van der Waals surface area contributed by atoms with Crippen LogP contribution in [0.4, 0.5) is 0 Å². The van der Waals surface area contributed by atoms with Crippen LogP contribution in [-0.2, 0) is 6.54 Å². The maximum absolute atomic E-state index is 12.3. The van der Waals surface area contributed by atoms with Crippen LogP contribution in [0, 0.1) is 11.7 Å². The van der Waals surface area contributed by atoms with E-state index >= 15 is 0 Å². The summed E-state index contributed by atoms with van der Waals surface area (Å²) in [4.78, 5) is 20.7. The van der Waals surface area contributed by atoms with Crippen LogP contribution in [-0.4, -0.2) is 14.5 Å². The number of aryl methyl sites for hydroxylation is 1. The van der Waals surface area contributed by atoms with Crippen molar-refractivity contribution < 1.29 is 0 Å². The van der Waals surface area contributed by atoms with E-state index in [1.165, 1.54) is 11.3 Å². The van der Waals surface area contributed by atoms with Gasteiger partial charge in [0.05, 0.1) is 12.1 Å². The van der Waals surface area contributed by atoms with Gasteiger partial charge in [-0.05, 0) is 30.6 Å². The average Bonchev–Trinajstić information content (AvgIpc) is 2.93. The molecule has 7 heteroatoms. The molecular formula is C11H9N3OS3. The Morgan fingerprint density at radius 2 is 2.39 bits per heavy atom. The van der Waals surface area contributed by atoms with Crippen LogP contribution in [0.3, 0.4) is 0 Å². The number of thiophene rings is 1. The van der Waals surface area contributed by atoms with Gasteiger partial charge in [-0.3, -0.25) is 9.36 Å². The molecule has 0 aromatic carbocycles. The summed E-state index contributed by atoms with van der Waals surface area (Å²) in [7, 11) is 0. The van der Waals surface area contributed by atoms with E-state index in [1.807, 2.05) is 24.6 Å². The second-order valence-electron chi connectivity index (χ2n) is 3.85. The number of nitrogens with zero attached hydrogens (tertiary/aromatic N) is 2. The average molecular weight is 295 g/mol. The number of thiazole rings is 1. The van der Waals surface area contributed by atoms with Gasteiger partial charge in [-0.1, -0.05) is 0 Å². The first-order valence-corrected chi connectivity index (χ1v) is 7.37. The third-order valence-corrected chi connectivity index (χ3v) is 4.68. The molecule has 4 nitrogen and oxygen atoms in total. The molecule has 0 unspecified atom stereocenters. The fraction of sp³-hybridized carbons (Fsp3) is 0.182. The lowest BCUT2D eigenvalue weighted by molar-refractivity contribution is 0.731. The van der Waals surface area contributed by atoms with Crippen molar-refractivity contribution in [1.82, 2.24) is 14.5 Å². The Labute approximate surface area is 116 Å². The fourth-order valence-electron chi connectivity index (χ4n) is 1.72. The van der Waals surface area contributed by atoms with Gasteiger partial charge in [-0.25, -0.2) is 4.98 Å². The van der Waals surface area contributed by atoms with Crippen LogP contribution in [0.2, 0.25) is 0 Å². The highest BCUT2D eigenvalue weighted by Crippen LogP contribution is 2.16. The van der Waals surface area contributed by atoms with E-state index in [0.717, 1.165) is 15.4 Å². The van der Waals surface area contributed by atoms with Crippen LogP contribution in [0.5, 0.6) is 0 Å². The minimum Gasteiger partial charge on any atom is -0.331 e. The third-order valence-electron chi connectivity index (χ3n) is 2.55. The minimum atomic E-state index is -0.0448. The van der Waals surface area contributed by atoms with E-state index in [9.17, 15) is 4.79 Å². The van der Waals surface area contributed by atoms with Crippen molar-refractivity contribution in [2.45, 2.75) is 13.5 Å². The van der Waals surface area contributed by atoms with E-state index in [2.05, 4.69) is 9.97 Å². The maximum Gasteiger partial charge on any atom is 0.272 e. The van der Waals surface area contributed by atoms with Crippen molar-refractivity contribution in [3.05, 3.63) is 42.7 Å². The number of aromatic amines is 1.